The summed E-state index contributed by atoms with van der Waals surface area (Å²) in [6.07, 6.45) is 0. The van der Waals surface area contributed by atoms with Gasteiger partial charge in [0.2, 0.25) is 0 Å². The Hall–Kier alpha value is -2.49. The maximum absolute atomic E-state index is 12.1. The molecule has 3 N–H and O–H groups in total. The molecule has 1 amide bonds. The first-order chi connectivity index (χ1) is 9.60. The van der Waals surface area contributed by atoms with Crippen molar-refractivity contribution in [2.45, 2.75) is 13.0 Å². The molecule has 0 spiro atoms. The van der Waals surface area contributed by atoms with Crippen molar-refractivity contribution in [3.63, 3.8) is 0 Å². The second-order valence-corrected chi connectivity index (χ2v) is 4.59. The maximum atomic E-state index is 12.1. The lowest BCUT2D eigenvalue weighted by atomic mass is 10.1. The van der Waals surface area contributed by atoms with Crippen LogP contribution in [0.4, 0.5) is 5.69 Å². The highest BCUT2D eigenvalue weighted by molar-refractivity contribution is 5.95. The lowest BCUT2D eigenvalue weighted by molar-refractivity contribution is 0.0940. The van der Waals surface area contributed by atoms with Gasteiger partial charge in [-0.3, -0.25) is 4.79 Å². The molecule has 104 valence electrons. The number of anilines is 1. The second kappa shape index (κ2) is 6.10. The SMILES string of the molecule is COc1ccc(C(C)NC(=O)c2cccc(N)c2)cc1. The quantitative estimate of drug-likeness (QED) is 0.840. The molecule has 0 bridgehead atoms. The number of hydrogen-bond acceptors (Lipinski definition) is 3. The van der Waals surface area contributed by atoms with Crippen molar-refractivity contribution in [1.29, 1.82) is 0 Å². The van der Waals surface area contributed by atoms with Gasteiger partial charge in [0.05, 0.1) is 13.2 Å². The summed E-state index contributed by atoms with van der Waals surface area (Å²) in [5.41, 5.74) is 7.83. The van der Waals surface area contributed by atoms with Gasteiger partial charge in [0, 0.05) is 11.3 Å². The maximum Gasteiger partial charge on any atom is 0.251 e. The van der Waals surface area contributed by atoms with Crippen LogP contribution < -0.4 is 15.8 Å². The van der Waals surface area contributed by atoms with E-state index in [0.717, 1.165) is 11.3 Å². The molecule has 20 heavy (non-hydrogen) atoms. The van der Waals surface area contributed by atoms with Crippen LogP contribution >= 0.6 is 0 Å². The third-order valence-corrected chi connectivity index (χ3v) is 3.11. The van der Waals surface area contributed by atoms with Crippen LogP contribution in [0.1, 0.15) is 28.9 Å². The normalized spacial score (nSPS) is 11.7. The van der Waals surface area contributed by atoms with E-state index in [-0.39, 0.29) is 11.9 Å². The molecule has 2 aromatic rings. The minimum atomic E-state index is -0.138. The molecule has 2 aromatic carbocycles. The highest BCUT2D eigenvalue weighted by Crippen LogP contribution is 2.18. The molecular weight excluding hydrogens is 252 g/mol. The summed E-state index contributed by atoms with van der Waals surface area (Å²) in [4.78, 5) is 12.1. The molecule has 4 heteroatoms. The van der Waals surface area contributed by atoms with Crippen molar-refractivity contribution in [3.8, 4) is 5.75 Å². The third-order valence-electron chi connectivity index (χ3n) is 3.11. The molecule has 0 aromatic heterocycles. The van der Waals surface area contributed by atoms with Gasteiger partial charge in [0.25, 0.3) is 5.91 Å². The number of methoxy groups -OCH3 is 1. The summed E-state index contributed by atoms with van der Waals surface area (Å²) in [5, 5.41) is 2.94. The minimum Gasteiger partial charge on any atom is -0.497 e. The number of carbonyl (C=O) groups is 1. The van der Waals surface area contributed by atoms with E-state index in [1.165, 1.54) is 0 Å². The van der Waals surface area contributed by atoms with E-state index in [9.17, 15) is 4.79 Å². The van der Waals surface area contributed by atoms with Gasteiger partial charge in [-0.05, 0) is 42.8 Å². The van der Waals surface area contributed by atoms with Gasteiger partial charge < -0.3 is 15.8 Å². The van der Waals surface area contributed by atoms with Crippen LogP contribution in [0.5, 0.6) is 5.75 Å². The van der Waals surface area contributed by atoms with Gasteiger partial charge in [-0.15, -0.1) is 0 Å². The predicted molar refractivity (Wildman–Crippen MR) is 79.7 cm³/mol. The molecule has 4 nitrogen and oxygen atoms in total. The molecule has 0 aliphatic heterocycles. The fourth-order valence-electron chi connectivity index (χ4n) is 1.94. The van der Waals surface area contributed by atoms with Crippen molar-refractivity contribution in [3.05, 3.63) is 59.7 Å². The summed E-state index contributed by atoms with van der Waals surface area (Å²) in [6.45, 7) is 1.94. The highest BCUT2D eigenvalue weighted by atomic mass is 16.5. The smallest absolute Gasteiger partial charge is 0.251 e. The van der Waals surface area contributed by atoms with Gasteiger partial charge in [-0.1, -0.05) is 18.2 Å². The van der Waals surface area contributed by atoms with Crippen LogP contribution in [0.25, 0.3) is 0 Å². The van der Waals surface area contributed by atoms with Crippen molar-refractivity contribution in [1.82, 2.24) is 5.32 Å². The average Bonchev–Trinajstić information content (AvgIpc) is 2.47. The molecule has 0 saturated carbocycles. The van der Waals surface area contributed by atoms with Crippen LogP contribution in [0.15, 0.2) is 48.5 Å². The number of hydrogen-bond donors (Lipinski definition) is 2. The Morgan fingerprint density at radius 3 is 2.50 bits per heavy atom. The first kappa shape index (κ1) is 13.9. The zero-order valence-electron chi connectivity index (χ0n) is 11.6. The molecule has 0 saturated heterocycles. The number of amides is 1. The number of benzene rings is 2. The van der Waals surface area contributed by atoms with Gasteiger partial charge in [0.1, 0.15) is 5.75 Å². The van der Waals surface area contributed by atoms with Crippen LogP contribution in [0.2, 0.25) is 0 Å². The van der Waals surface area contributed by atoms with Crippen LogP contribution in [-0.4, -0.2) is 13.0 Å². The molecule has 0 heterocycles. The topological polar surface area (TPSA) is 64.3 Å². The molecule has 0 aliphatic rings. The summed E-state index contributed by atoms with van der Waals surface area (Å²) in [6, 6.07) is 14.5. The Labute approximate surface area is 118 Å². The van der Waals surface area contributed by atoms with E-state index in [1.807, 2.05) is 31.2 Å². The van der Waals surface area contributed by atoms with Crippen molar-refractivity contribution in [2.24, 2.45) is 0 Å². The molecule has 2 rings (SSSR count). The van der Waals surface area contributed by atoms with E-state index in [0.29, 0.717) is 11.3 Å². The van der Waals surface area contributed by atoms with E-state index < -0.39 is 0 Å². The molecule has 0 radical (unpaired) electrons. The first-order valence-electron chi connectivity index (χ1n) is 6.40. The van der Waals surface area contributed by atoms with Crippen LogP contribution in [0, 0.1) is 0 Å². The zero-order valence-corrected chi connectivity index (χ0v) is 11.6. The highest BCUT2D eigenvalue weighted by Gasteiger charge is 2.11. The van der Waals surface area contributed by atoms with E-state index in [4.69, 9.17) is 10.5 Å². The van der Waals surface area contributed by atoms with E-state index in [2.05, 4.69) is 5.32 Å². The number of rotatable bonds is 4. The summed E-state index contributed by atoms with van der Waals surface area (Å²) in [5.74, 6) is 0.656. The van der Waals surface area contributed by atoms with Crippen LogP contribution in [-0.2, 0) is 0 Å². The minimum absolute atomic E-state index is 0.0881. The zero-order chi connectivity index (χ0) is 14.5. The number of carbonyl (C=O) groups excluding carboxylic acids is 1. The number of nitrogens with two attached hydrogens (primary N) is 1. The Kier molecular flexibility index (Phi) is 4.25. The van der Waals surface area contributed by atoms with Gasteiger partial charge in [-0.2, -0.15) is 0 Å². The summed E-state index contributed by atoms with van der Waals surface area (Å²) >= 11 is 0. The lowest BCUT2D eigenvalue weighted by Gasteiger charge is -2.15. The molecular formula is C16H18N2O2. The number of ether oxygens (including phenoxy) is 1. The van der Waals surface area contributed by atoms with Crippen molar-refractivity contribution < 1.29 is 9.53 Å². The van der Waals surface area contributed by atoms with E-state index in [1.54, 1.807) is 31.4 Å². The average molecular weight is 270 g/mol. The largest absolute Gasteiger partial charge is 0.497 e. The monoisotopic (exact) mass is 270 g/mol. The molecule has 1 atom stereocenters. The van der Waals surface area contributed by atoms with Gasteiger partial charge in [0.15, 0.2) is 0 Å². The summed E-state index contributed by atoms with van der Waals surface area (Å²) in [7, 11) is 1.63. The third kappa shape index (κ3) is 3.29. The Morgan fingerprint density at radius 2 is 1.90 bits per heavy atom. The van der Waals surface area contributed by atoms with E-state index >= 15 is 0 Å². The standard InChI is InChI=1S/C16H18N2O2/c1-11(12-6-8-15(20-2)9-7-12)18-16(19)13-4-3-5-14(17)10-13/h3-11H,17H2,1-2H3,(H,18,19). The fourth-order valence-corrected chi connectivity index (χ4v) is 1.94. The Bertz CT molecular complexity index is 594. The first-order valence-corrected chi connectivity index (χ1v) is 6.40. The number of nitrogens with one attached hydrogen (secondary N) is 1. The molecule has 0 aliphatic carbocycles. The molecule has 0 fully saturated rings. The lowest BCUT2D eigenvalue weighted by Crippen LogP contribution is -2.26. The Morgan fingerprint density at radius 1 is 1.20 bits per heavy atom. The van der Waals surface area contributed by atoms with Crippen LogP contribution in [0.3, 0.4) is 0 Å². The van der Waals surface area contributed by atoms with Crippen molar-refractivity contribution >= 4 is 11.6 Å². The predicted octanol–water partition coefficient (Wildman–Crippen LogP) is 2.77. The van der Waals surface area contributed by atoms with Crippen molar-refractivity contribution in [2.75, 3.05) is 12.8 Å². The summed E-state index contributed by atoms with van der Waals surface area (Å²) < 4.78 is 5.11. The molecule has 1 unspecified atom stereocenters. The van der Waals surface area contributed by atoms with Gasteiger partial charge >= 0.3 is 0 Å². The second-order valence-electron chi connectivity index (χ2n) is 4.59. The van der Waals surface area contributed by atoms with Gasteiger partial charge in [-0.25, -0.2) is 0 Å². The number of nitrogen functional groups attached to an aromatic ring is 1. The fraction of sp³-hybridized carbons (Fsp3) is 0.188. The Balaban J connectivity index is 2.06.